The van der Waals surface area contributed by atoms with E-state index in [0.29, 0.717) is 17.3 Å². The molecule has 0 bridgehead atoms. The van der Waals surface area contributed by atoms with E-state index in [2.05, 4.69) is 20.9 Å². The SMILES string of the molecule is CCc1cc(C(=O)N(C)Cc2cc(Br)cs2)cc(Cl)n1. The number of pyridine rings is 1. The third-order valence-electron chi connectivity index (χ3n) is 2.82. The summed E-state index contributed by atoms with van der Waals surface area (Å²) < 4.78 is 1.04. The number of nitrogens with zero attached hydrogens (tertiary/aromatic N) is 2. The monoisotopic (exact) mass is 372 g/mol. The van der Waals surface area contributed by atoms with Crippen molar-refractivity contribution in [3.05, 3.63) is 49.3 Å². The van der Waals surface area contributed by atoms with Crippen LogP contribution in [0.15, 0.2) is 28.1 Å². The van der Waals surface area contributed by atoms with Crippen molar-refractivity contribution in [2.45, 2.75) is 19.9 Å². The normalized spacial score (nSPS) is 10.6. The van der Waals surface area contributed by atoms with Crippen LogP contribution in [0.2, 0.25) is 5.15 Å². The topological polar surface area (TPSA) is 33.2 Å². The van der Waals surface area contributed by atoms with Gasteiger partial charge in [0.2, 0.25) is 0 Å². The van der Waals surface area contributed by atoms with Crippen molar-refractivity contribution in [3.63, 3.8) is 0 Å². The summed E-state index contributed by atoms with van der Waals surface area (Å²) in [6.45, 7) is 2.57. The minimum Gasteiger partial charge on any atom is -0.337 e. The first-order chi connectivity index (χ1) is 9.49. The van der Waals surface area contributed by atoms with Crippen LogP contribution in [-0.2, 0) is 13.0 Å². The van der Waals surface area contributed by atoms with Gasteiger partial charge in [-0.3, -0.25) is 4.79 Å². The zero-order valence-corrected chi connectivity index (χ0v) is 14.3. The maximum atomic E-state index is 12.4. The molecule has 0 fully saturated rings. The van der Waals surface area contributed by atoms with Gasteiger partial charge in [0.1, 0.15) is 5.15 Å². The number of halogens is 2. The molecule has 106 valence electrons. The molecule has 2 aromatic heterocycles. The van der Waals surface area contributed by atoms with Crippen molar-refractivity contribution in [1.29, 1.82) is 0 Å². The number of thiophene rings is 1. The first-order valence-electron chi connectivity index (χ1n) is 6.14. The highest BCUT2D eigenvalue weighted by atomic mass is 79.9. The number of carbonyl (C=O) groups excluding carboxylic acids is 1. The van der Waals surface area contributed by atoms with Crippen LogP contribution < -0.4 is 0 Å². The molecule has 0 N–H and O–H groups in total. The van der Waals surface area contributed by atoms with Gasteiger partial charge in [-0.25, -0.2) is 4.98 Å². The van der Waals surface area contributed by atoms with Crippen LogP contribution in [0.3, 0.4) is 0 Å². The molecule has 20 heavy (non-hydrogen) atoms. The molecule has 0 aliphatic rings. The van der Waals surface area contributed by atoms with Crippen molar-refractivity contribution in [3.8, 4) is 0 Å². The lowest BCUT2D eigenvalue weighted by Crippen LogP contribution is -2.26. The fourth-order valence-electron chi connectivity index (χ4n) is 1.82. The predicted molar refractivity (Wildman–Crippen MR) is 86.4 cm³/mol. The van der Waals surface area contributed by atoms with Crippen molar-refractivity contribution in [1.82, 2.24) is 9.88 Å². The summed E-state index contributed by atoms with van der Waals surface area (Å²) in [6.07, 6.45) is 0.752. The Morgan fingerprint density at radius 3 is 2.80 bits per heavy atom. The number of hydrogen-bond donors (Lipinski definition) is 0. The van der Waals surface area contributed by atoms with E-state index in [-0.39, 0.29) is 5.91 Å². The van der Waals surface area contributed by atoms with Gasteiger partial charge in [-0.05, 0) is 40.5 Å². The molecule has 1 amide bonds. The van der Waals surface area contributed by atoms with Crippen molar-refractivity contribution in [2.24, 2.45) is 0 Å². The van der Waals surface area contributed by atoms with E-state index in [0.717, 1.165) is 21.5 Å². The average Bonchev–Trinajstić information content (AvgIpc) is 2.82. The summed E-state index contributed by atoms with van der Waals surface area (Å²) in [5.41, 5.74) is 1.41. The molecular formula is C14H14BrClN2OS. The van der Waals surface area contributed by atoms with Crippen LogP contribution in [0, 0.1) is 0 Å². The first kappa shape index (κ1) is 15.5. The molecule has 2 aromatic rings. The maximum absolute atomic E-state index is 12.4. The highest BCUT2D eigenvalue weighted by molar-refractivity contribution is 9.10. The van der Waals surface area contributed by atoms with Crippen LogP contribution >= 0.6 is 38.9 Å². The van der Waals surface area contributed by atoms with Gasteiger partial charge in [0.05, 0.1) is 6.54 Å². The number of aromatic nitrogens is 1. The highest BCUT2D eigenvalue weighted by Gasteiger charge is 2.14. The standard InChI is InChI=1S/C14H14BrClN2OS/c1-3-11-4-9(5-13(16)17-11)14(19)18(2)7-12-6-10(15)8-20-12/h4-6,8H,3,7H2,1-2H3. The Bertz CT molecular complexity index is 629. The van der Waals surface area contributed by atoms with E-state index in [4.69, 9.17) is 11.6 Å². The Labute approximate surface area is 135 Å². The highest BCUT2D eigenvalue weighted by Crippen LogP contribution is 2.21. The molecular weight excluding hydrogens is 360 g/mol. The molecule has 0 saturated carbocycles. The van der Waals surface area contributed by atoms with Gasteiger partial charge >= 0.3 is 0 Å². The van der Waals surface area contributed by atoms with Crippen molar-refractivity contribution >= 4 is 44.8 Å². The Morgan fingerprint density at radius 1 is 1.45 bits per heavy atom. The van der Waals surface area contributed by atoms with Crippen molar-refractivity contribution < 1.29 is 4.79 Å². The van der Waals surface area contributed by atoms with E-state index < -0.39 is 0 Å². The van der Waals surface area contributed by atoms with Gasteiger partial charge < -0.3 is 4.90 Å². The van der Waals surface area contributed by atoms with Crippen LogP contribution in [0.5, 0.6) is 0 Å². The number of rotatable bonds is 4. The van der Waals surface area contributed by atoms with E-state index >= 15 is 0 Å². The van der Waals surface area contributed by atoms with Crippen LogP contribution in [0.1, 0.15) is 27.9 Å². The molecule has 0 atom stereocenters. The smallest absolute Gasteiger partial charge is 0.254 e. The number of aryl methyl sites for hydroxylation is 1. The molecule has 3 nitrogen and oxygen atoms in total. The van der Waals surface area contributed by atoms with Gasteiger partial charge in [0.25, 0.3) is 5.91 Å². The van der Waals surface area contributed by atoms with Gasteiger partial charge in [0.15, 0.2) is 0 Å². The predicted octanol–water partition coefficient (Wildman–Crippen LogP) is 4.39. The second-order valence-electron chi connectivity index (χ2n) is 4.42. The van der Waals surface area contributed by atoms with Crippen LogP contribution in [0.4, 0.5) is 0 Å². The Hall–Kier alpha value is -0.910. The van der Waals surface area contributed by atoms with Crippen LogP contribution in [-0.4, -0.2) is 22.8 Å². The van der Waals surface area contributed by atoms with Gasteiger partial charge in [-0.15, -0.1) is 11.3 Å². The van der Waals surface area contributed by atoms with Crippen LogP contribution in [0.25, 0.3) is 0 Å². The number of carbonyl (C=O) groups is 1. The Balaban J connectivity index is 2.15. The summed E-state index contributed by atoms with van der Waals surface area (Å²) in [5, 5.41) is 2.37. The summed E-state index contributed by atoms with van der Waals surface area (Å²) in [5.74, 6) is -0.0477. The largest absolute Gasteiger partial charge is 0.337 e. The minimum atomic E-state index is -0.0477. The second kappa shape index (κ2) is 6.70. The lowest BCUT2D eigenvalue weighted by atomic mass is 10.2. The zero-order chi connectivity index (χ0) is 14.7. The summed E-state index contributed by atoms with van der Waals surface area (Å²) in [6, 6.07) is 5.43. The van der Waals surface area contributed by atoms with Gasteiger partial charge in [-0.2, -0.15) is 0 Å². The molecule has 0 aromatic carbocycles. The fourth-order valence-corrected chi connectivity index (χ4v) is 3.55. The molecule has 0 radical (unpaired) electrons. The molecule has 0 spiro atoms. The summed E-state index contributed by atoms with van der Waals surface area (Å²) in [4.78, 5) is 19.4. The van der Waals surface area contributed by atoms with E-state index in [1.165, 1.54) is 0 Å². The minimum absolute atomic E-state index is 0.0477. The molecule has 0 saturated heterocycles. The second-order valence-corrected chi connectivity index (χ2v) is 6.71. The molecule has 2 rings (SSSR count). The van der Waals surface area contributed by atoms with E-state index in [1.807, 2.05) is 18.4 Å². The maximum Gasteiger partial charge on any atom is 0.254 e. The Morgan fingerprint density at radius 2 is 2.20 bits per heavy atom. The summed E-state index contributed by atoms with van der Waals surface area (Å²) >= 11 is 11.0. The average molecular weight is 374 g/mol. The lowest BCUT2D eigenvalue weighted by Gasteiger charge is -2.16. The third-order valence-corrected chi connectivity index (χ3v) is 4.69. The van der Waals surface area contributed by atoms with E-state index in [1.54, 1.807) is 35.4 Å². The zero-order valence-electron chi connectivity index (χ0n) is 11.2. The summed E-state index contributed by atoms with van der Waals surface area (Å²) in [7, 11) is 1.79. The quantitative estimate of drug-likeness (QED) is 0.745. The van der Waals surface area contributed by atoms with Gasteiger partial charge in [-0.1, -0.05) is 18.5 Å². The molecule has 2 heterocycles. The number of hydrogen-bond acceptors (Lipinski definition) is 3. The number of amides is 1. The van der Waals surface area contributed by atoms with Gasteiger partial charge in [0, 0.05) is 33.0 Å². The molecule has 0 unspecified atom stereocenters. The lowest BCUT2D eigenvalue weighted by molar-refractivity contribution is 0.0786. The first-order valence-corrected chi connectivity index (χ1v) is 8.19. The fraction of sp³-hybridized carbons (Fsp3) is 0.286. The molecule has 6 heteroatoms. The van der Waals surface area contributed by atoms with E-state index in [9.17, 15) is 4.79 Å². The molecule has 0 aliphatic heterocycles. The van der Waals surface area contributed by atoms with Crippen molar-refractivity contribution in [2.75, 3.05) is 7.05 Å². The Kier molecular flexibility index (Phi) is 5.18. The molecule has 0 aliphatic carbocycles. The third kappa shape index (κ3) is 3.81.